The van der Waals surface area contributed by atoms with E-state index < -0.39 is 9.84 Å². The van der Waals surface area contributed by atoms with Crippen molar-refractivity contribution in [2.45, 2.75) is 51.3 Å². The number of amides is 1. The number of aryl methyl sites for hydroxylation is 3. The minimum atomic E-state index is -3.09. The quantitative estimate of drug-likeness (QED) is 0.681. The van der Waals surface area contributed by atoms with Gasteiger partial charge in [-0.3, -0.25) is 4.79 Å². The highest BCUT2D eigenvalue weighted by atomic mass is 32.2. The van der Waals surface area contributed by atoms with Crippen LogP contribution in [0.15, 0.2) is 47.5 Å². The molecule has 2 aliphatic heterocycles. The number of sulfone groups is 1. The summed E-state index contributed by atoms with van der Waals surface area (Å²) in [5.74, 6) is 0.0442. The monoisotopic (exact) mass is 456 g/mol. The molecule has 2 aromatic rings. The van der Waals surface area contributed by atoms with Crippen molar-refractivity contribution in [1.82, 2.24) is 0 Å². The number of rotatable bonds is 5. The first-order valence-electron chi connectivity index (χ1n) is 10.8. The number of amidine groups is 1. The molecule has 1 amide bonds. The maximum absolute atomic E-state index is 12.8. The van der Waals surface area contributed by atoms with Crippen LogP contribution < -0.4 is 4.90 Å². The normalized spacial score (nSPS) is 23.3. The van der Waals surface area contributed by atoms with E-state index in [9.17, 15) is 13.2 Å². The summed E-state index contributed by atoms with van der Waals surface area (Å²) in [5.41, 5.74) is 5.43. The minimum Gasteiger partial charge on any atom is -0.315 e. The van der Waals surface area contributed by atoms with Crippen LogP contribution in [0, 0.1) is 6.92 Å². The molecule has 31 heavy (non-hydrogen) atoms. The second-order valence-corrected chi connectivity index (χ2v) is 11.6. The first kappa shape index (κ1) is 22.1. The fourth-order valence-electron chi connectivity index (χ4n) is 4.38. The van der Waals surface area contributed by atoms with E-state index >= 15 is 0 Å². The number of carbonyl (C=O) groups is 1. The van der Waals surface area contributed by atoms with Gasteiger partial charge in [-0.2, -0.15) is 4.99 Å². The highest BCUT2D eigenvalue weighted by Gasteiger charge is 2.50. The molecule has 0 aromatic heterocycles. The van der Waals surface area contributed by atoms with Crippen LogP contribution in [-0.4, -0.2) is 42.3 Å². The van der Waals surface area contributed by atoms with E-state index in [0.29, 0.717) is 5.17 Å². The molecule has 0 unspecified atom stereocenters. The molecule has 5 nitrogen and oxygen atoms in total. The second kappa shape index (κ2) is 8.79. The van der Waals surface area contributed by atoms with Crippen LogP contribution in [0.5, 0.6) is 0 Å². The summed E-state index contributed by atoms with van der Waals surface area (Å²) >= 11 is 1.44. The molecule has 0 aliphatic carbocycles. The van der Waals surface area contributed by atoms with Gasteiger partial charge >= 0.3 is 0 Å². The summed E-state index contributed by atoms with van der Waals surface area (Å²) in [6, 6.07) is 13.9. The number of hydrogen-bond acceptors (Lipinski definition) is 4. The lowest BCUT2D eigenvalue weighted by Crippen LogP contribution is -2.39. The van der Waals surface area contributed by atoms with Gasteiger partial charge in [0.2, 0.25) is 0 Å². The Kier molecular flexibility index (Phi) is 6.26. The lowest BCUT2D eigenvalue weighted by atomic mass is 10.0. The van der Waals surface area contributed by atoms with E-state index in [1.165, 1.54) is 11.8 Å². The second-order valence-electron chi connectivity index (χ2n) is 8.25. The maximum atomic E-state index is 12.8. The van der Waals surface area contributed by atoms with Crippen molar-refractivity contribution < 1.29 is 13.2 Å². The Morgan fingerprint density at radius 3 is 2.32 bits per heavy atom. The van der Waals surface area contributed by atoms with E-state index in [-0.39, 0.29) is 35.1 Å². The third-order valence-electron chi connectivity index (χ3n) is 5.97. The molecule has 2 heterocycles. The maximum Gasteiger partial charge on any atom is 0.252 e. The molecule has 2 fully saturated rings. The average Bonchev–Trinajstić information content (AvgIpc) is 3.19. The number of carbonyl (C=O) groups excluding carboxylic acids is 1. The summed E-state index contributed by atoms with van der Waals surface area (Å²) < 4.78 is 24.8. The van der Waals surface area contributed by atoms with Crippen molar-refractivity contribution in [2.75, 3.05) is 16.4 Å². The number of benzene rings is 2. The SMILES string of the molecule is CCc1cccc(CC)c1N1C(=NC(=O)Cc2ccc(C)cc2)S[C@@H]2CS(=O)(=O)C[C@@H]21. The highest BCUT2D eigenvalue weighted by Crippen LogP contribution is 2.43. The van der Waals surface area contributed by atoms with E-state index in [0.717, 1.165) is 40.8 Å². The first-order chi connectivity index (χ1) is 14.8. The molecule has 0 saturated carbocycles. The van der Waals surface area contributed by atoms with E-state index in [2.05, 4.69) is 35.9 Å². The Bertz CT molecular complexity index is 1100. The van der Waals surface area contributed by atoms with E-state index in [1.807, 2.05) is 37.3 Å². The van der Waals surface area contributed by atoms with Gasteiger partial charge in [-0.15, -0.1) is 0 Å². The van der Waals surface area contributed by atoms with Gasteiger partial charge in [-0.1, -0.05) is 73.6 Å². The van der Waals surface area contributed by atoms with Crippen molar-refractivity contribution in [1.29, 1.82) is 0 Å². The summed E-state index contributed by atoms with van der Waals surface area (Å²) in [7, 11) is -3.09. The zero-order valence-corrected chi connectivity index (χ0v) is 19.8. The Morgan fingerprint density at radius 2 is 1.71 bits per heavy atom. The molecule has 164 valence electrons. The summed E-state index contributed by atoms with van der Waals surface area (Å²) in [5, 5.41) is 0.545. The van der Waals surface area contributed by atoms with Crippen LogP contribution in [0.4, 0.5) is 5.69 Å². The predicted molar refractivity (Wildman–Crippen MR) is 129 cm³/mol. The van der Waals surface area contributed by atoms with Gasteiger partial charge < -0.3 is 4.90 Å². The molecule has 0 N–H and O–H groups in total. The van der Waals surface area contributed by atoms with Gasteiger partial charge in [0.15, 0.2) is 15.0 Å². The molecule has 2 aliphatic rings. The van der Waals surface area contributed by atoms with Crippen molar-refractivity contribution in [2.24, 2.45) is 4.99 Å². The van der Waals surface area contributed by atoms with Crippen molar-refractivity contribution in [3.05, 3.63) is 64.7 Å². The molecule has 2 atom stereocenters. The van der Waals surface area contributed by atoms with Crippen LogP contribution >= 0.6 is 11.8 Å². The fraction of sp³-hybridized carbons (Fsp3) is 0.417. The number of anilines is 1. The van der Waals surface area contributed by atoms with Gasteiger partial charge in [-0.05, 0) is 36.5 Å². The van der Waals surface area contributed by atoms with Crippen LogP contribution in [0.25, 0.3) is 0 Å². The molecule has 2 aromatic carbocycles. The highest BCUT2D eigenvalue weighted by molar-refractivity contribution is 8.16. The lowest BCUT2D eigenvalue weighted by molar-refractivity contribution is -0.117. The van der Waals surface area contributed by atoms with Crippen molar-refractivity contribution >= 4 is 38.4 Å². The van der Waals surface area contributed by atoms with Gasteiger partial charge in [0, 0.05) is 10.9 Å². The molecular formula is C24H28N2O3S2. The van der Waals surface area contributed by atoms with Crippen LogP contribution in [0.3, 0.4) is 0 Å². The number of thioether (sulfide) groups is 1. The Balaban J connectivity index is 1.73. The topological polar surface area (TPSA) is 66.8 Å². The first-order valence-corrected chi connectivity index (χ1v) is 13.5. The van der Waals surface area contributed by atoms with Gasteiger partial charge in [-0.25, -0.2) is 8.42 Å². The third-order valence-corrected chi connectivity index (χ3v) is 9.18. The number of hydrogen-bond donors (Lipinski definition) is 0. The average molecular weight is 457 g/mol. The Morgan fingerprint density at radius 1 is 1.06 bits per heavy atom. The van der Waals surface area contributed by atoms with Crippen LogP contribution in [-0.2, 0) is 33.9 Å². The van der Waals surface area contributed by atoms with Crippen LogP contribution in [0.1, 0.15) is 36.1 Å². The van der Waals surface area contributed by atoms with Gasteiger partial charge in [0.1, 0.15) is 0 Å². The molecule has 0 radical (unpaired) electrons. The number of aliphatic imine (C=N–C) groups is 1. The number of fused-ring (bicyclic) bond motifs is 1. The zero-order chi connectivity index (χ0) is 22.2. The van der Waals surface area contributed by atoms with Gasteiger partial charge in [0.25, 0.3) is 5.91 Å². The Hall–Kier alpha value is -2.12. The zero-order valence-electron chi connectivity index (χ0n) is 18.2. The van der Waals surface area contributed by atoms with Crippen LogP contribution in [0.2, 0.25) is 0 Å². The van der Waals surface area contributed by atoms with Gasteiger partial charge in [0.05, 0.1) is 24.0 Å². The summed E-state index contributed by atoms with van der Waals surface area (Å²) in [4.78, 5) is 19.4. The Labute approximate surface area is 188 Å². The largest absolute Gasteiger partial charge is 0.315 e. The molecular weight excluding hydrogens is 428 g/mol. The smallest absolute Gasteiger partial charge is 0.252 e. The standard InChI is InChI=1S/C24H28N2O3S2/c1-4-18-7-6-8-19(5-2)23(18)26-20-14-31(28,29)15-21(20)30-24(26)25-22(27)13-17-11-9-16(3)10-12-17/h6-12,20-21H,4-5,13-15H2,1-3H3/t20-,21+/m0/s1. The molecule has 7 heteroatoms. The summed E-state index contributed by atoms with van der Waals surface area (Å²) in [6.45, 7) is 6.22. The lowest BCUT2D eigenvalue weighted by Gasteiger charge is -2.29. The molecule has 4 rings (SSSR count). The number of para-hydroxylation sites is 1. The third kappa shape index (κ3) is 4.58. The number of nitrogens with zero attached hydrogens (tertiary/aromatic N) is 2. The summed E-state index contributed by atoms with van der Waals surface area (Å²) in [6.07, 6.45) is 1.90. The fourth-order valence-corrected chi connectivity index (χ4v) is 8.29. The van der Waals surface area contributed by atoms with E-state index in [4.69, 9.17) is 0 Å². The van der Waals surface area contributed by atoms with E-state index in [1.54, 1.807) is 0 Å². The predicted octanol–water partition coefficient (Wildman–Crippen LogP) is 3.96. The molecule has 0 bridgehead atoms. The van der Waals surface area contributed by atoms with Crippen molar-refractivity contribution in [3.63, 3.8) is 0 Å². The molecule has 2 saturated heterocycles. The minimum absolute atomic E-state index is 0.0921. The molecule has 0 spiro atoms. The van der Waals surface area contributed by atoms with Crippen molar-refractivity contribution in [3.8, 4) is 0 Å².